The van der Waals surface area contributed by atoms with Crippen molar-refractivity contribution in [3.63, 3.8) is 0 Å². The third-order valence-electron chi connectivity index (χ3n) is 6.45. The predicted molar refractivity (Wildman–Crippen MR) is 137 cm³/mol. The van der Waals surface area contributed by atoms with Gasteiger partial charge in [0.15, 0.2) is 0 Å². The summed E-state index contributed by atoms with van der Waals surface area (Å²) >= 11 is 0. The minimum absolute atomic E-state index is 0.0481. The fourth-order valence-corrected chi connectivity index (χ4v) is 4.62. The largest absolute Gasteiger partial charge is 0.466 e. The van der Waals surface area contributed by atoms with Gasteiger partial charge in [0.1, 0.15) is 0 Å². The zero-order valence-electron chi connectivity index (χ0n) is 19.7. The molecule has 1 aliphatic rings. The SMILES string of the molecule is COC(=O)/C=C/c1cccc(N(Cc2ccccc2-c2ccccc2)C(=O)C2CCCCC2)c1. The molecule has 1 saturated carbocycles. The summed E-state index contributed by atoms with van der Waals surface area (Å²) in [5.41, 5.74) is 5.06. The second kappa shape index (κ2) is 11.5. The molecule has 0 spiro atoms. The van der Waals surface area contributed by atoms with E-state index in [0.29, 0.717) is 6.54 Å². The van der Waals surface area contributed by atoms with E-state index in [1.165, 1.54) is 19.6 Å². The van der Waals surface area contributed by atoms with Crippen molar-refractivity contribution < 1.29 is 14.3 Å². The Balaban J connectivity index is 1.70. The summed E-state index contributed by atoms with van der Waals surface area (Å²) in [7, 11) is 1.36. The van der Waals surface area contributed by atoms with Gasteiger partial charge < -0.3 is 9.64 Å². The van der Waals surface area contributed by atoms with E-state index < -0.39 is 5.97 Å². The first-order valence-electron chi connectivity index (χ1n) is 12.0. The molecular weight excluding hydrogens is 422 g/mol. The summed E-state index contributed by atoms with van der Waals surface area (Å²) in [6.45, 7) is 0.491. The topological polar surface area (TPSA) is 46.6 Å². The van der Waals surface area contributed by atoms with Gasteiger partial charge in [-0.25, -0.2) is 4.79 Å². The highest BCUT2D eigenvalue weighted by atomic mass is 16.5. The number of ether oxygens (including phenoxy) is 1. The molecule has 0 heterocycles. The van der Waals surface area contributed by atoms with Crippen molar-refractivity contribution in [3.05, 3.63) is 96.1 Å². The Hall–Kier alpha value is -3.66. The highest BCUT2D eigenvalue weighted by Crippen LogP contribution is 2.31. The molecule has 1 aliphatic carbocycles. The number of hydrogen-bond donors (Lipinski definition) is 0. The van der Waals surface area contributed by atoms with Crippen LogP contribution in [0.15, 0.2) is 84.9 Å². The van der Waals surface area contributed by atoms with Gasteiger partial charge >= 0.3 is 5.97 Å². The number of carbonyl (C=O) groups is 2. The standard InChI is InChI=1S/C30H31NO3/c1-34-29(32)20-19-23-11-10-17-27(21-23)31(30(33)25-14-6-3-7-15-25)22-26-16-8-9-18-28(26)24-12-4-2-5-13-24/h2,4-5,8-13,16-21,25H,3,6-7,14-15,22H2,1H3/b20-19+. The number of hydrogen-bond acceptors (Lipinski definition) is 3. The molecule has 0 unspecified atom stereocenters. The van der Waals surface area contributed by atoms with Crippen LogP contribution in [0.1, 0.15) is 43.2 Å². The first-order chi connectivity index (χ1) is 16.7. The molecule has 4 heteroatoms. The third kappa shape index (κ3) is 5.82. The van der Waals surface area contributed by atoms with Crippen molar-refractivity contribution >= 4 is 23.6 Å². The first-order valence-corrected chi connectivity index (χ1v) is 12.0. The molecule has 1 amide bonds. The van der Waals surface area contributed by atoms with Crippen LogP contribution in [0.25, 0.3) is 17.2 Å². The molecule has 4 nitrogen and oxygen atoms in total. The van der Waals surface area contributed by atoms with Crippen LogP contribution >= 0.6 is 0 Å². The highest BCUT2D eigenvalue weighted by Gasteiger charge is 2.27. The van der Waals surface area contributed by atoms with Gasteiger partial charge in [-0.3, -0.25) is 4.79 Å². The van der Waals surface area contributed by atoms with Crippen molar-refractivity contribution in [2.24, 2.45) is 5.92 Å². The lowest BCUT2D eigenvalue weighted by Crippen LogP contribution is -2.36. The van der Waals surface area contributed by atoms with Gasteiger partial charge in [-0.15, -0.1) is 0 Å². The molecule has 34 heavy (non-hydrogen) atoms. The predicted octanol–water partition coefficient (Wildman–Crippen LogP) is 6.65. The van der Waals surface area contributed by atoms with E-state index in [-0.39, 0.29) is 11.8 Å². The van der Waals surface area contributed by atoms with E-state index in [2.05, 4.69) is 24.3 Å². The number of amides is 1. The molecule has 3 aromatic carbocycles. The Morgan fingerprint density at radius 2 is 1.65 bits per heavy atom. The third-order valence-corrected chi connectivity index (χ3v) is 6.45. The lowest BCUT2D eigenvalue weighted by atomic mass is 9.88. The maximum absolute atomic E-state index is 13.8. The van der Waals surface area contributed by atoms with Crippen molar-refractivity contribution in [1.82, 2.24) is 0 Å². The quantitative estimate of drug-likeness (QED) is 0.297. The number of esters is 1. The first kappa shape index (κ1) is 23.5. The molecule has 0 radical (unpaired) electrons. The fourth-order valence-electron chi connectivity index (χ4n) is 4.62. The monoisotopic (exact) mass is 453 g/mol. The summed E-state index contributed by atoms with van der Waals surface area (Å²) < 4.78 is 4.71. The van der Waals surface area contributed by atoms with Crippen LogP contribution < -0.4 is 4.90 Å². The van der Waals surface area contributed by atoms with Crippen LogP contribution in [0.2, 0.25) is 0 Å². The van der Waals surface area contributed by atoms with Gasteiger partial charge in [0.25, 0.3) is 0 Å². The Morgan fingerprint density at radius 1 is 0.912 bits per heavy atom. The molecule has 0 atom stereocenters. The Labute approximate surface area is 201 Å². The van der Waals surface area contributed by atoms with E-state index in [0.717, 1.165) is 53.6 Å². The zero-order valence-corrected chi connectivity index (χ0v) is 19.7. The van der Waals surface area contributed by atoms with Crippen molar-refractivity contribution in [2.45, 2.75) is 38.6 Å². The van der Waals surface area contributed by atoms with E-state index in [9.17, 15) is 9.59 Å². The van der Waals surface area contributed by atoms with Crippen LogP contribution in [0, 0.1) is 5.92 Å². The van der Waals surface area contributed by atoms with Crippen LogP contribution in [0.4, 0.5) is 5.69 Å². The number of methoxy groups -OCH3 is 1. The van der Waals surface area contributed by atoms with Crippen molar-refractivity contribution in [2.75, 3.05) is 12.0 Å². The number of benzene rings is 3. The normalized spacial score (nSPS) is 14.1. The van der Waals surface area contributed by atoms with E-state index in [4.69, 9.17) is 4.74 Å². The number of nitrogens with zero attached hydrogens (tertiary/aromatic N) is 1. The van der Waals surface area contributed by atoms with Gasteiger partial charge in [-0.1, -0.05) is 86.0 Å². The molecule has 0 N–H and O–H groups in total. The summed E-state index contributed by atoms with van der Waals surface area (Å²) in [5.74, 6) is -0.180. The average Bonchev–Trinajstić information content (AvgIpc) is 2.91. The van der Waals surface area contributed by atoms with E-state index >= 15 is 0 Å². The summed E-state index contributed by atoms with van der Waals surface area (Å²) in [6.07, 6.45) is 8.41. The van der Waals surface area contributed by atoms with Crippen molar-refractivity contribution in [3.8, 4) is 11.1 Å². The minimum atomic E-state index is -0.405. The number of rotatable bonds is 7. The number of carbonyl (C=O) groups excluding carboxylic acids is 2. The maximum Gasteiger partial charge on any atom is 0.330 e. The minimum Gasteiger partial charge on any atom is -0.466 e. The van der Waals surface area contributed by atoms with Gasteiger partial charge in [0, 0.05) is 17.7 Å². The average molecular weight is 454 g/mol. The van der Waals surface area contributed by atoms with Crippen LogP contribution in [-0.2, 0) is 20.9 Å². The van der Waals surface area contributed by atoms with Crippen molar-refractivity contribution in [1.29, 1.82) is 0 Å². The molecule has 0 aliphatic heterocycles. The molecule has 3 aromatic rings. The molecule has 0 bridgehead atoms. The molecule has 0 saturated heterocycles. The Bertz CT molecular complexity index is 1150. The molecule has 1 fully saturated rings. The maximum atomic E-state index is 13.8. The summed E-state index contributed by atoms with van der Waals surface area (Å²) in [6, 6.07) is 26.4. The molecule has 174 valence electrons. The van der Waals surface area contributed by atoms with E-state index in [1.807, 2.05) is 59.5 Å². The Kier molecular flexibility index (Phi) is 7.92. The second-order valence-electron chi connectivity index (χ2n) is 8.73. The van der Waals surface area contributed by atoms with Gasteiger partial charge in [0.05, 0.1) is 13.7 Å². The number of anilines is 1. The second-order valence-corrected chi connectivity index (χ2v) is 8.73. The zero-order chi connectivity index (χ0) is 23.8. The van der Waals surface area contributed by atoms with Crippen LogP contribution in [0.3, 0.4) is 0 Å². The van der Waals surface area contributed by atoms with Gasteiger partial charge in [0.2, 0.25) is 5.91 Å². The van der Waals surface area contributed by atoms with Gasteiger partial charge in [-0.2, -0.15) is 0 Å². The molecular formula is C30H31NO3. The Morgan fingerprint density at radius 3 is 2.41 bits per heavy atom. The van der Waals surface area contributed by atoms with E-state index in [1.54, 1.807) is 6.08 Å². The lowest BCUT2D eigenvalue weighted by Gasteiger charge is -2.30. The summed E-state index contributed by atoms with van der Waals surface area (Å²) in [5, 5.41) is 0. The lowest BCUT2D eigenvalue weighted by molar-refractivity contribution is -0.134. The molecule has 4 rings (SSSR count). The fraction of sp³-hybridized carbons (Fsp3) is 0.267. The van der Waals surface area contributed by atoms with Crippen LogP contribution in [-0.4, -0.2) is 19.0 Å². The highest BCUT2D eigenvalue weighted by molar-refractivity contribution is 5.96. The summed E-state index contributed by atoms with van der Waals surface area (Å²) in [4.78, 5) is 27.3. The van der Waals surface area contributed by atoms with Gasteiger partial charge in [-0.05, 0) is 53.3 Å². The molecule has 0 aromatic heterocycles. The van der Waals surface area contributed by atoms with Crippen LogP contribution in [0.5, 0.6) is 0 Å². The smallest absolute Gasteiger partial charge is 0.330 e.